The van der Waals surface area contributed by atoms with Gasteiger partial charge in [0.15, 0.2) is 0 Å². The molecule has 1 N–H and O–H groups in total. The van der Waals surface area contributed by atoms with Crippen LogP contribution >= 0.6 is 11.6 Å². The summed E-state index contributed by atoms with van der Waals surface area (Å²) in [6, 6.07) is 4.13. The smallest absolute Gasteiger partial charge is 0.223 e. The molecule has 0 radical (unpaired) electrons. The lowest BCUT2D eigenvalue weighted by Gasteiger charge is -2.30. The Morgan fingerprint density at radius 2 is 2.00 bits per heavy atom. The first-order valence-corrected chi connectivity index (χ1v) is 12.2. The lowest BCUT2D eigenvalue weighted by molar-refractivity contribution is -0.126. The standard InChI is InChI=1S/C21H28ClFN2O3S/c22-19-7-4-8-20(23)18(19)15-29(27,28)25-13-10-17(11-14-25)21(26)24-12-9-16-5-2-1-3-6-16/h4-5,7-8,17H,1-3,6,9-15H2,(H,24,26). The van der Waals surface area contributed by atoms with Gasteiger partial charge in [0.25, 0.3) is 0 Å². The molecule has 5 nitrogen and oxygen atoms in total. The van der Waals surface area contributed by atoms with Crippen molar-refractivity contribution in [3.8, 4) is 0 Å². The molecule has 1 aliphatic carbocycles. The number of carbonyl (C=O) groups excluding carboxylic acids is 1. The first-order chi connectivity index (χ1) is 13.9. The number of hydrogen-bond acceptors (Lipinski definition) is 3. The van der Waals surface area contributed by atoms with Crippen LogP contribution in [0.25, 0.3) is 0 Å². The molecule has 8 heteroatoms. The van der Waals surface area contributed by atoms with Crippen LogP contribution in [0.3, 0.4) is 0 Å². The van der Waals surface area contributed by atoms with Crippen LogP contribution in [0, 0.1) is 11.7 Å². The van der Waals surface area contributed by atoms with E-state index in [2.05, 4.69) is 11.4 Å². The number of piperidine rings is 1. The quantitative estimate of drug-likeness (QED) is 0.648. The summed E-state index contributed by atoms with van der Waals surface area (Å²) in [4.78, 5) is 12.4. The Balaban J connectivity index is 1.47. The highest BCUT2D eigenvalue weighted by Crippen LogP contribution is 2.26. The van der Waals surface area contributed by atoms with E-state index in [1.165, 1.54) is 40.9 Å². The minimum atomic E-state index is -3.69. The number of halogens is 2. The van der Waals surface area contributed by atoms with Crippen LogP contribution in [0.1, 0.15) is 50.5 Å². The first-order valence-electron chi connectivity index (χ1n) is 10.2. The van der Waals surface area contributed by atoms with E-state index in [1.54, 1.807) is 0 Å². The molecule has 0 unspecified atom stereocenters. The highest BCUT2D eigenvalue weighted by Gasteiger charge is 2.32. The second-order valence-corrected chi connectivity index (χ2v) is 10.2. The third kappa shape index (κ3) is 6.03. The Morgan fingerprint density at radius 3 is 2.66 bits per heavy atom. The largest absolute Gasteiger partial charge is 0.356 e. The molecule has 1 fully saturated rings. The zero-order valence-electron chi connectivity index (χ0n) is 16.5. The van der Waals surface area contributed by atoms with Gasteiger partial charge < -0.3 is 5.32 Å². The minimum Gasteiger partial charge on any atom is -0.356 e. The summed E-state index contributed by atoms with van der Waals surface area (Å²) in [5.41, 5.74) is 1.41. The number of sulfonamides is 1. The molecule has 0 saturated carbocycles. The third-order valence-corrected chi connectivity index (χ3v) is 7.90. The number of benzene rings is 1. The summed E-state index contributed by atoms with van der Waals surface area (Å²) in [6.45, 7) is 1.16. The van der Waals surface area contributed by atoms with Gasteiger partial charge in [0.1, 0.15) is 5.82 Å². The van der Waals surface area contributed by atoms with Crippen LogP contribution in [0.2, 0.25) is 5.02 Å². The van der Waals surface area contributed by atoms with Crippen molar-refractivity contribution in [2.45, 2.75) is 50.7 Å². The molecule has 3 rings (SSSR count). The van der Waals surface area contributed by atoms with Crippen molar-refractivity contribution in [1.29, 1.82) is 0 Å². The molecule has 1 heterocycles. The molecule has 0 atom stereocenters. The number of nitrogens with zero attached hydrogens (tertiary/aromatic N) is 1. The second kappa shape index (κ2) is 10.0. The van der Waals surface area contributed by atoms with Crippen LogP contribution in [-0.4, -0.2) is 38.3 Å². The van der Waals surface area contributed by atoms with E-state index in [0.29, 0.717) is 19.4 Å². The van der Waals surface area contributed by atoms with E-state index in [4.69, 9.17) is 11.6 Å². The lowest BCUT2D eigenvalue weighted by atomic mass is 9.96. The molecular weight excluding hydrogens is 415 g/mol. The van der Waals surface area contributed by atoms with Gasteiger partial charge in [-0.25, -0.2) is 17.1 Å². The molecule has 1 aliphatic heterocycles. The Bertz CT molecular complexity index is 844. The van der Waals surface area contributed by atoms with E-state index in [9.17, 15) is 17.6 Å². The van der Waals surface area contributed by atoms with Crippen molar-refractivity contribution in [3.63, 3.8) is 0 Å². The topological polar surface area (TPSA) is 66.5 Å². The number of nitrogens with one attached hydrogen (secondary N) is 1. The Kier molecular flexibility index (Phi) is 7.71. The molecule has 0 bridgehead atoms. The van der Waals surface area contributed by atoms with Crippen LogP contribution in [-0.2, 0) is 20.6 Å². The van der Waals surface area contributed by atoms with Gasteiger partial charge in [0.05, 0.1) is 5.75 Å². The molecular formula is C21H28ClFN2O3S. The molecule has 0 aromatic heterocycles. The zero-order chi connectivity index (χ0) is 20.9. The average Bonchev–Trinajstić information content (AvgIpc) is 2.72. The maximum Gasteiger partial charge on any atom is 0.223 e. The van der Waals surface area contributed by atoms with E-state index in [0.717, 1.165) is 19.3 Å². The van der Waals surface area contributed by atoms with Crippen LogP contribution in [0.4, 0.5) is 4.39 Å². The number of hydrogen-bond donors (Lipinski definition) is 1. The molecule has 1 amide bonds. The lowest BCUT2D eigenvalue weighted by Crippen LogP contribution is -2.43. The normalized spacial score (nSPS) is 19.0. The molecule has 29 heavy (non-hydrogen) atoms. The number of rotatable bonds is 7. The molecule has 1 aromatic rings. The average molecular weight is 443 g/mol. The van der Waals surface area contributed by atoms with Crippen molar-refractivity contribution in [2.24, 2.45) is 5.92 Å². The summed E-state index contributed by atoms with van der Waals surface area (Å²) >= 11 is 5.96. The van der Waals surface area contributed by atoms with E-state index >= 15 is 0 Å². The van der Waals surface area contributed by atoms with Gasteiger partial charge in [0.2, 0.25) is 15.9 Å². The zero-order valence-corrected chi connectivity index (χ0v) is 18.1. The highest BCUT2D eigenvalue weighted by atomic mass is 35.5. The number of allylic oxidation sites excluding steroid dienone is 1. The highest BCUT2D eigenvalue weighted by molar-refractivity contribution is 7.88. The summed E-state index contributed by atoms with van der Waals surface area (Å²) < 4.78 is 40.6. The Hall–Kier alpha value is -1.44. The van der Waals surface area contributed by atoms with Gasteiger partial charge in [-0.05, 0) is 57.1 Å². The molecule has 1 aromatic carbocycles. The van der Waals surface area contributed by atoms with Gasteiger partial charge in [-0.1, -0.05) is 29.3 Å². The van der Waals surface area contributed by atoms with Gasteiger partial charge in [0, 0.05) is 36.1 Å². The summed E-state index contributed by atoms with van der Waals surface area (Å²) in [5.74, 6) is -1.28. The minimum absolute atomic E-state index is 0.00407. The fourth-order valence-electron chi connectivity index (χ4n) is 3.96. The summed E-state index contributed by atoms with van der Waals surface area (Å²) in [5, 5.41) is 3.10. The molecule has 0 spiro atoms. The van der Waals surface area contributed by atoms with Crippen molar-refractivity contribution in [3.05, 3.63) is 46.3 Å². The predicted octanol–water partition coefficient (Wildman–Crippen LogP) is 4.03. The maximum absolute atomic E-state index is 13.9. The van der Waals surface area contributed by atoms with Gasteiger partial charge in [-0.3, -0.25) is 4.79 Å². The Morgan fingerprint density at radius 1 is 1.24 bits per heavy atom. The van der Waals surface area contributed by atoms with Gasteiger partial charge in [-0.2, -0.15) is 0 Å². The van der Waals surface area contributed by atoms with Gasteiger partial charge in [-0.15, -0.1) is 0 Å². The third-order valence-electron chi connectivity index (χ3n) is 5.74. The fourth-order valence-corrected chi connectivity index (χ4v) is 5.88. The molecule has 1 saturated heterocycles. The van der Waals surface area contributed by atoms with Crippen molar-refractivity contribution in [1.82, 2.24) is 9.62 Å². The van der Waals surface area contributed by atoms with E-state index in [-0.39, 0.29) is 35.5 Å². The second-order valence-electron chi connectivity index (χ2n) is 7.78. The monoisotopic (exact) mass is 442 g/mol. The van der Waals surface area contributed by atoms with E-state index < -0.39 is 21.6 Å². The number of carbonyl (C=O) groups is 1. The van der Waals surface area contributed by atoms with Crippen molar-refractivity contribution < 1.29 is 17.6 Å². The summed E-state index contributed by atoms with van der Waals surface area (Å²) in [6.07, 6.45) is 8.85. The van der Waals surface area contributed by atoms with Crippen molar-refractivity contribution in [2.75, 3.05) is 19.6 Å². The Labute approximate surface area is 177 Å². The predicted molar refractivity (Wildman–Crippen MR) is 113 cm³/mol. The molecule has 2 aliphatic rings. The van der Waals surface area contributed by atoms with Gasteiger partial charge >= 0.3 is 0 Å². The van der Waals surface area contributed by atoms with Crippen molar-refractivity contribution >= 4 is 27.5 Å². The van der Waals surface area contributed by atoms with Crippen LogP contribution in [0.15, 0.2) is 29.8 Å². The summed E-state index contributed by atoms with van der Waals surface area (Å²) in [7, 11) is -3.69. The number of amides is 1. The van der Waals surface area contributed by atoms with Crippen LogP contribution < -0.4 is 5.32 Å². The maximum atomic E-state index is 13.9. The SMILES string of the molecule is O=C(NCCC1=CCCCC1)C1CCN(S(=O)(=O)Cc2c(F)cccc2Cl)CC1. The molecule has 160 valence electrons. The van der Waals surface area contributed by atoms with Crippen LogP contribution in [0.5, 0.6) is 0 Å². The fraction of sp³-hybridized carbons (Fsp3) is 0.571. The van der Waals surface area contributed by atoms with E-state index in [1.807, 2.05) is 0 Å². The first kappa shape index (κ1) is 22.2.